The van der Waals surface area contributed by atoms with Gasteiger partial charge in [-0.25, -0.2) is 4.73 Å². The van der Waals surface area contributed by atoms with Crippen LogP contribution in [0.4, 0.5) is 5.88 Å². The molecule has 90 valence electrons. The van der Waals surface area contributed by atoms with E-state index in [4.69, 9.17) is 4.42 Å². The minimum absolute atomic E-state index is 0.0644. The number of aromatic nitrogens is 2. The number of imidazole rings is 1. The highest BCUT2D eigenvalue weighted by atomic mass is 16.6. The zero-order valence-corrected chi connectivity index (χ0v) is 9.08. The molecular formula is C9H9N3O5. The maximum Gasteiger partial charge on any atom is 0.433 e. The second-order valence-electron chi connectivity index (χ2n) is 3.50. The lowest BCUT2D eigenvalue weighted by Crippen LogP contribution is -2.30. The molecule has 8 nitrogen and oxygen atoms in total. The summed E-state index contributed by atoms with van der Waals surface area (Å²) in [5.41, 5.74) is 0.635. The normalized spacial score (nSPS) is 10.7. The smallest absolute Gasteiger partial charge is 0.433 e. The molecule has 0 radical (unpaired) electrons. The van der Waals surface area contributed by atoms with Gasteiger partial charge in [0.2, 0.25) is 5.76 Å². The van der Waals surface area contributed by atoms with E-state index in [0.29, 0.717) is 20.8 Å². The Labute approximate surface area is 95.0 Å². The fraction of sp³-hybridized carbons (Fsp3) is 0.222. The van der Waals surface area contributed by atoms with E-state index in [1.807, 2.05) is 0 Å². The summed E-state index contributed by atoms with van der Waals surface area (Å²) in [6, 6.07) is 2.38. The van der Waals surface area contributed by atoms with Crippen molar-refractivity contribution in [1.29, 1.82) is 0 Å². The highest BCUT2D eigenvalue weighted by molar-refractivity contribution is 5.47. The lowest BCUT2D eigenvalue weighted by Gasteiger charge is -2.00. The second kappa shape index (κ2) is 3.51. The molecule has 0 fully saturated rings. The van der Waals surface area contributed by atoms with Gasteiger partial charge in [0.15, 0.2) is 5.69 Å². The van der Waals surface area contributed by atoms with Crippen molar-refractivity contribution in [2.24, 2.45) is 0 Å². The van der Waals surface area contributed by atoms with E-state index in [-0.39, 0.29) is 11.6 Å². The van der Waals surface area contributed by atoms with Crippen LogP contribution in [0.25, 0.3) is 11.6 Å². The molecule has 0 amide bonds. The molecule has 0 bridgehead atoms. The van der Waals surface area contributed by atoms with Crippen LogP contribution in [0.1, 0.15) is 11.4 Å². The van der Waals surface area contributed by atoms with Crippen LogP contribution in [0.5, 0.6) is 0 Å². The van der Waals surface area contributed by atoms with Crippen LogP contribution in [-0.4, -0.2) is 14.9 Å². The van der Waals surface area contributed by atoms with Crippen molar-refractivity contribution in [1.82, 2.24) is 4.73 Å². The van der Waals surface area contributed by atoms with Crippen molar-refractivity contribution in [3.8, 4) is 11.6 Å². The SMILES string of the molecule is Cc1c(C)[n+]([O-])c(-c2ccc([N+](=O)[O-])o2)n1O. The number of rotatable bonds is 2. The quantitative estimate of drug-likeness (QED) is 0.278. The Hall–Kier alpha value is -2.51. The Morgan fingerprint density at radius 3 is 2.53 bits per heavy atom. The van der Waals surface area contributed by atoms with Crippen LogP contribution in [0.2, 0.25) is 0 Å². The summed E-state index contributed by atoms with van der Waals surface area (Å²) < 4.78 is 5.96. The highest BCUT2D eigenvalue weighted by Crippen LogP contribution is 2.25. The molecular weight excluding hydrogens is 230 g/mol. The minimum atomic E-state index is -0.719. The van der Waals surface area contributed by atoms with E-state index in [9.17, 15) is 20.5 Å². The van der Waals surface area contributed by atoms with E-state index < -0.39 is 10.8 Å². The molecule has 0 aromatic carbocycles. The van der Waals surface area contributed by atoms with Crippen molar-refractivity contribution < 1.29 is 19.3 Å². The third-order valence-corrected chi connectivity index (χ3v) is 2.53. The zero-order chi connectivity index (χ0) is 12.7. The standard InChI is InChI=1S/C9H9N3O5/c1-5-6(2)11(14)9(10(5)13)7-3-4-8(17-7)12(15)16/h3-4,13H,1-2H3. The molecule has 0 aliphatic carbocycles. The van der Waals surface area contributed by atoms with E-state index in [1.165, 1.54) is 13.0 Å². The number of hydrogen-bond donors (Lipinski definition) is 1. The van der Waals surface area contributed by atoms with Gasteiger partial charge in [0.05, 0.1) is 6.07 Å². The summed E-state index contributed by atoms with van der Waals surface area (Å²) in [6.07, 6.45) is 0. The average Bonchev–Trinajstić information content (AvgIpc) is 2.81. The van der Waals surface area contributed by atoms with Crippen molar-refractivity contribution in [2.45, 2.75) is 13.8 Å². The van der Waals surface area contributed by atoms with Crippen LogP contribution >= 0.6 is 0 Å². The summed E-state index contributed by atoms with van der Waals surface area (Å²) in [6.45, 7) is 3.07. The predicted molar refractivity (Wildman–Crippen MR) is 54.4 cm³/mol. The molecule has 2 heterocycles. The molecule has 0 atom stereocenters. The molecule has 0 saturated heterocycles. The van der Waals surface area contributed by atoms with Crippen molar-refractivity contribution in [2.75, 3.05) is 0 Å². The van der Waals surface area contributed by atoms with Crippen LogP contribution in [0.15, 0.2) is 16.5 Å². The van der Waals surface area contributed by atoms with E-state index in [2.05, 4.69) is 0 Å². The Morgan fingerprint density at radius 2 is 2.12 bits per heavy atom. The average molecular weight is 239 g/mol. The van der Waals surface area contributed by atoms with Gasteiger partial charge in [-0.1, -0.05) is 0 Å². The Bertz CT molecular complexity index is 573. The largest absolute Gasteiger partial charge is 0.710 e. The lowest BCUT2D eigenvalue weighted by atomic mass is 10.4. The summed E-state index contributed by atoms with van der Waals surface area (Å²) in [5, 5.41) is 31.8. The molecule has 8 heteroatoms. The Kier molecular flexibility index (Phi) is 2.27. The van der Waals surface area contributed by atoms with Gasteiger partial charge in [0, 0.05) is 19.9 Å². The van der Waals surface area contributed by atoms with Gasteiger partial charge in [-0.05, 0) is 4.73 Å². The van der Waals surface area contributed by atoms with Crippen LogP contribution in [0.3, 0.4) is 0 Å². The molecule has 2 aromatic rings. The summed E-state index contributed by atoms with van der Waals surface area (Å²) >= 11 is 0. The third kappa shape index (κ3) is 1.50. The summed E-state index contributed by atoms with van der Waals surface area (Å²) in [4.78, 5) is 9.73. The van der Waals surface area contributed by atoms with Gasteiger partial charge in [-0.2, -0.15) is 0 Å². The Balaban J connectivity index is 2.60. The molecule has 0 unspecified atom stereocenters. The first-order chi connectivity index (χ1) is 7.93. The third-order valence-electron chi connectivity index (χ3n) is 2.53. The molecule has 0 aliphatic rings. The zero-order valence-electron chi connectivity index (χ0n) is 9.08. The van der Waals surface area contributed by atoms with Gasteiger partial charge in [0.1, 0.15) is 10.6 Å². The van der Waals surface area contributed by atoms with Crippen LogP contribution < -0.4 is 4.73 Å². The van der Waals surface area contributed by atoms with E-state index in [1.54, 1.807) is 6.92 Å². The monoisotopic (exact) mass is 239 g/mol. The van der Waals surface area contributed by atoms with Crippen molar-refractivity contribution in [3.05, 3.63) is 38.8 Å². The fourth-order valence-corrected chi connectivity index (χ4v) is 1.45. The van der Waals surface area contributed by atoms with Gasteiger partial charge < -0.3 is 14.8 Å². The maximum atomic E-state index is 11.7. The molecule has 0 aliphatic heterocycles. The second-order valence-corrected chi connectivity index (χ2v) is 3.50. The molecule has 0 saturated carbocycles. The summed E-state index contributed by atoms with van der Waals surface area (Å²) in [7, 11) is 0. The number of hydrogen-bond acceptors (Lipinski definition) is 5. The molecule has 2 rings (SSSR count). The van der Waals surface area contributed by atoms with Crippen molar-refractivity contribution in [3.63, 3.8) is 0 Å². The number of furan rings is 1. The van der Waals surface area contributed by atoms with Gasteiger partial charge >= 0.3 is 11.7 Å². The van der Waals surface area contributed by atoms with Crippen LogP contribution in [-0.2, 0) is 0 Å². The first-order valence-corrected chi connectivity index (χ1v) is 4.68. The minimum Gasteiger partial charge on any atom is -0.710 e. The molecule has 1 N–H and O–H groups in total. The van der Waals surface area contributed by atoms with Gasteiger partial charge in [0.25, 0.3) is 0 Å². The van der Waals surface area contributed by atoms with E-state index in [0.717, 1.165) is 6.07 Å². The lowest BCUT2D eigenvalue weighted by molar-refractivity contribution is -0.601. The first-order valence-electron chi connectivity index (χ1n) is 4.68. The maximum absolute atomic E-state index is 11.7. The topological polar surface area (TPSA) is 108 Å². The van der Waals surface area contributed by atoms with Gasteiger partial charge in [-0.15, -0.1) is 0 Å². The molecule has 2 aromatic heterocycles. The van der Waals surface area contributed by atoms with Gasteiger partial charge in [-0.3, -0.25) is 10.1 Å². The predicted octanol–water partition coefficient (Wildman–Crippen LogP) is 1.14. The van der Waals surface area contributed by atoms with Crippen LogP contribution in [0, 0.1) is 29.2 Å². The summed E-state index contributed by atoms with van der Waals surface area (Å²) in [5.74, 6) is -0.741. The first kappa shape index (κ1) is 11.0. The van der Waals surface area contributed by atoms with Crippen molar-refractivity contribution >= 4 is 5.88 Å². The fourth-order valence-electron chi connectivity index (χ4n) is 1.45. The van der Waals surface area contributed by atoms with E-state index >= 15 is 0 Å². The Morgan fingerprint density at radius 1 is 1.47 bits per heavy atom. The molecule has 0 spiro atoms. The number of nitro groups is 1. The molecule has 17 heavy (non-hydrogen) atoms. The number of nitrogens with zero attached hydrogens (tertiary/aromatic N) is 3. The highest BCUT2D eigenvalue weighted by Gasteiger charge is 2.28.